The molecule has 4 rings (SSSR count). The Morgan fingerprint density at radius 3 is 2.65 bits per heavy atom. The van der Waals surface area contributed by atoms with Crippen LogP contribution in [0, 0.1) is 10.1 Å². The fraction of sp³-hybridized carbons (Fsp3) is 0.150. The summed E-state index contributed by atoms with van der Waals surface area (Å²) in [5.41, 5.74) is 4.55. The third-order valence-electron chi connectivity index (χ3n) is 4.71. The summed E-state index contributed by atoms with van der Waals surface area (Å²) in [5.74, 6) is -0.876. The maximum atomic E-state index is 12.3. The second-order valence-electron chi connectivity index (χ2n) is 6.66. The largest absolute Gasteiger partial charge is 0.301 e. The number of thiazole rings is 1. The van der Waals surface area contributed by atoms with E-state index in [0.717, 1.165) is 16.3 Å². The van der Waals surface area contributed by atoms with E-state index in [2.05, 4.69) is 15.7 Å². The van der Waals surface area contributed by atoms with Gasteiger partial charge in [0.1, 0.15) is 11.4 Å². The Morgan fingerprint density at radius 1 is 1.19 bits per heavy atom. The van der Waals surface area contributed by atoms with Crippen LogP contribution in [0.15, 0.2) is 60.0 Å². The van der Waals surface area contributed by atoms with Crippen molar-refractivity contribution in [2.75, 3.05) is 11.9 Å². The lowest BCUT2D eigenvalue weighted by molar-refractivity contribution is -0.386. The van der Waals surface area contributed by atoms with Gasteiger partial charge in [0.15, 0.2) is 5.13 Å². The molecule has 1 aliphatic rings. The van der Waals surface area contributed by atoms with E-state index in [4.69, 9.17) is 11.6 Å². The van der Waals surface area contributed by atoms with Gasteiger partial charge in [-0.15, -0.1) is 22.9 Å². The third-order valence-corrected chi connectivity index (χ3v) is 5.89. The van der Waals surface area contributed by atoms with Crippen LogP contribution in [-0.4, -0.2) is 38.7 Å². The maximum Gasteiger partial charge on any atom is 0.274 e. The summed E-state index contributed by atoms with van der Waals surface area (Å²) in [6.45, 7) is -0.229. The van der Waals surface area contributed by atoms with Crippen molar-refractivity contribution >= 4 is 45.6 Å². The molecule has 11 heteroatoms. The van der Waals surface area contributed by atoms with Gasteiger partial charge in [0.2, 0.25) is 5.91 Å². The van der Waals surface area contributed by atoms with Gasteiger partial charge in [0.05, 0.1) is 22.7 Å². The van der Waals surface area contributed by atoms with Crippen LogP contribution < -0.4 is 10.7 Å². The molecule has 2 amide bonds. The number of amides is 2. The number of benzene rings is 2. The molecular weight excluding hydrogens is 442 g/mol. The molecule has 0 bridgehead atoms. The van der Waals surface area contributed by atoms with Crippen molar-refractivity contribution in [3.05, 3.63) is 75.7 Å². The van der Waals surface area contributed by atoms with Gasteiger partial charge in [0.25, 0.3) is 11.6 Å². The number of nitro benzene ring substituents is 1. The van der Waals surface area contributed by atoms with Crippen LogP contribution in [0.2, 0.25) is 0 Å². The van der Waals surface area contributed by atoms with Crippen molar-refractivity contribution in [1.82, 2.24) is 15.4 Å². The van der Waals surface area contributed by atoms with Crippen molar-refractivity contribution in [2.24, 2.45) is 0 Å². The molecule has 1 aliphatic heterocycles. The Balaban J connectivity index is 1.39. The molecule has 2 aromatic carbocycles. The zero-order chi connectivity index (χ0) is 22.0. The molecule has 0 saturated carbocycles. The van der Waals surface area contributed by atoms with Gasteiger partial charge in [-0.3, -0.25) is 24.7 Å². The van der Waals surface area contributed by atoms with Crippen LogP contribution >= 0.6 is 22.9 Å². The lowest BCUT2D eigenvalue weighted by Gasteiger charge is -2.43. The number of para-hydroxylation sites is 1. The second-order valence-corrected chi connectivity index (χ2v) is 7.99. The minimum Gasteiger partial charge on any atom is -0.301 e. The van der Waals surface area contributed by atoms with Crippen LogP contribution in [0.5, 0.6) is 0 Å². The first kappa shape index (κ1) is 20.9. The van der Waals surface area contributed by atoms with E-state index in [1.54, 1.807) is 12.1 Å². The van der Waals surface area contributed by atoms with Gasteiger partial charge < -0.3 is 5.32 Å². The highest BCUT2D eigenvalue weighted by molar-refractivity contribution is 7.14. The molecular formula is C20H16ClN5O4S. The monoisotopic (exact) mass is 457 g/mol. The number of hydrogen-bond acceptors (Lipinski definition) is 7. The first-order chi connectivity index (χ1) is 15.0. The van der Waals surface area contributed by atoms with E-state index in [-0.39, 0.29) is 12.2 Å². The van der Waals surface area contributed by atoms with E-state index in [0.29, 0.717) is 10.7 Å². The van der Waals surface area contributed by atoms with Gasteiger partial charge in [-0.2, -0.15) is 0 Å². The highest BCUT2D eigenvalue weighted by Crippen LogP contribution is 2.40. The van der Waals surface area contributed by atoms with Crippen molar-refractivity contribution in [3.8, 4) is 11.3 Å². The highest BCUT2D eigenvalue weighted by atomic mass is 35.5. The van der Waals surface area contributed by atoms with Crippen LogP contribution in [-0.2, 0) is 9.59 Å². The number of nitro groups is 1. The molecule has 2 atom stereocenters. The summed E-state index contributed by atoms with van der Waals surface area (Å²) in [7, 11) is 0. The summed E-state index contributed by atoms with van der Waals surface area (Å²) in [5, 5.41) is 16.4. The van der Waals surface area contributed by atoms with Gasteiger partial charge in [-0.1, -0.05) is 42.5 Å². The first-order valence-electron chi connectivity index (χ1n) is 9.20. The van der Waals surface area contributed by atoms with E-state index in [1.165, 1.54) is 23.5 Å². The van der Waals surface area contributed by atoms with Crippen LogP contribution in [0.1, 0.15) is 11.6 Å². The number of carbonyl (C=O) groups excluding carboxylic acids is 2. The van der Waals surface area contributed by atoms with E-state index >= 15 is 0 Å². The second kappa shape index (κ2) is 8.80. The molecule has 1 saturated heterocycles. The number of nitrogens with one attached hydrogen (secondary N) is 2. The number of rotatable bonds is 7. The van der Waals surface area contributed by atoms with Crippen LogP contribution in [0.25, 0.3) is 11.3 Å². The average molecular weight is 458 g/mol. The number of nitrogens with zero attached hydrogens (tertiary/aromatic N) is 3. The molecule has 31 heavy (non-hydrogen) atoms. The summed E-state index contributed by atoms with van der Waals surface area (Å²) < 4.78 is 0. The number of halogens is 1. The standard InChI is InChI=1S/C20H16ClN5O4S/c21-17-18(13-8-4-5-9-15(13)26(29)30)25(19(17)28)22-10-16(27)24-20-23-14(11-31-20)12-6-2-1-3-7-12/h1-9,11,17-18,22H,10H2,(H,23,24,27). The third kappa shape index (κ3) is 4.26. The Morgan fingerprint density at radius 2 is 1.90 bits per heavy atom. The Hall–Kier alpha value is -3.34. The van der Waals surface area contributed by atoms with Gasteiger partial charge in [-0.25, -0.2) is 10.4 Å². The molecule has 2 unspecified atom stereocenters. The number of aromatic nitrogens is 1. The lowest BCUT2D eigenvalue weighted by Crippen LogP contribution is -2.63. The molecule has 2 heterocycles. The van der Waals surface area contributed by atoms with E-state index in [9.17, 15) is 19.7 Å². The summed E-state index contributed by atoms with van der Waals surface area (Å²) in [6.07, 6.45) is 0. The number of β-lactam (4-membered cyclic amide) rings is 1. The highest BCUT2D eigenvalue weighted by Gasteiger charge is 2.49. The summed E-state index contributed by atoms with van der Waals surface area (Å²) in [6, 6.07) is 14.8. The minimum absolute atomic E-state index is 0.141. The van der Waals surface area contributed by atoms with Crippen LogP contribution in [0.4, 0.5) is 10.8 Å². The molecule has 1 fully saturated rings. The molecule has 0 radical (unpaired) electrons. The van der Waals surface area contributed by atoms with Gasteiger partial charge in [-0.05, 0) is 6.07 Å². The van der Waals surface area contributed by atoms with E-state index < -0.39 is 28.2 Å². The predicted octanol–water partition coefficient (Wildman–Crippen LogP) is 3.35. The Bertz CT molecular complexity index is 1140. The number of hydrogen-bond donors (Lipinski definition) is 2. The minimum atomic E-state index is -0.955. The average Bonchev–Trinajstić information content (AvgIpc) is 3.25. The van der Waals surface area contributed by atoms with Crippen molar-refractivity contribution < 1.29 is 14.5 Å². The fourth-order valence-corrected chi connectivity index (χ4v) is 4.31. The Kier molecular flexibility index (Phi) is 5.94. The fourth-order valence-electron chi connectivity index (χ4n) is 3.22. The van der Waals surface area contributed by atoms with Crippen molar-refractivity contribution in [3.63, 3.8) is 0 Å². The zero-order valence-electron chi connectivity index (χ0n) is 15.9. The molecule has 2 N–H and O–H groups in total. The molecule has 3 aromatic rings. The topological polar surface area (TPSA) is 117 Å². The molecule has 158 valence electrons. The number of hydrazine groups is 1. The molecule has 0 spiro atoms. The van der Waals surface area contributed by atoms with Gasteiger partial charge in [0, 0.05) is 17.0 Å². The van der Waals surface area contributed by atoms with Crippen LogP contribution in [0.3, 0.4) is 0 Å². The predicted molar refractivity (Wildman–Crippen MR) is 117 cm³/mol. The maximum absolute atomic E-state index is 12.3. The first-order valence-corrected chi connectivity index (χ1v) is 10.5. The molecule has 9 nitrogen and oxygen atoms in total. The van der Waals surface area contributed by atoms with E-state index in [1.807, 2.05) is 35.7 Å². The van der Waals surface area contributed by atoms with Crippen molar-refractivity contribution in [1.29, 1.82) is 0 Å². The summed E-state index contributed by atoms with van der Waals surface area (Å²) >= 11 is 7.40. The zero-order valence-corrected chi connectivity index (χ0v) is 17.5. The lowest BCUT2D eigenvalue weighted by atomic mass is 9.94. The molecule has 1 aromatic heterocycles. The number of anilines is 1. The molecule has 0 aliphatic carbocycles. The van der Waals surface area contributed by atoms with Crippen molar-refractivity contribution in [2.45, 2.75) is 11.4 Å². The quantitative estimate of drug-likeness (QED) is 0.243. The smallest absolute Gasteiger partial charge is 0.274 e. The normalized spacial score (nSPS) is 17.8. The van der Waals surface area contributed by atoms with Gasteiger partial charge >= 0.3 is 0 Å². The SMILES string of the molecule is O=C(CNN1C(=O)C(Cl)C1c1ccccc1[N+](=O)[O-])Nc1nc(-c2ccccc2)cs1. The number of carbonyl (C=O) groups is 2. The number of alkyl halides is 1. The Labute approximate surface area is 185 Å². The summed E-state index contributed by atoms with van der Waals surface area (Å²) in [4.78, 5) is 39.7.